The van der Waals surface area contributed by atoms with Crippen LogP contribution in [-0.4, -0.2) is 27.5 Å². The SMILES string of the molecule is CCOC(=O)c1ccc([Se]c2c(C(C)C)cc(C(C)C)cc2C(C)C)cc1. The molecular weight excluding hydrogens is 399 g/mol. The number of benzene rings is 2. The van der Waals surface area contributed by atoms with Crippen molar-refractivity contribution in [1.29, 1.82) is 0 Å². The van der Waals surface area contributed by atoms with Gasteiger partial charge in [-0.25, -0.2) is 0 Å². The van der Waals surface area contributed by atoms with E-state index in [2.05, 4.69) is 65.8 Å². The van der Waals surface area contributed by atoms with E-state index in [0.29, 0.717) is 29.9 Å². The molecule has 0 aliphatic carbocycles. The van der Waals surface area contributed by atoms with E-state index in [1.165, 1.54) is 25.6 Å². The molecule has 2 aromatic carbocycles. The van der Waals surface area contributed by atoms with Gasteiger partial charge in [-0.15, -0.1) is 0 Å². The van der Waals surface area contributed by atoms with Crippen LogP contribution in [0, 0.1) is 0 Å². The number of ether oxygens (including phenoxy) is 1. The standard InChI is InChI=1S/C24H32O2Se/c1-8-26-24(25)18-9-11-20(12-10-18)27-23-21(16(4)5)13-19(15(2)3)14-22(23)17(6)7/h9-17H,8H2,1-7H3. The Balaban J connectivity index is 2.43. The summed E-state index contributed by atoms with van der Waals surface area (Å²) in [5.41, 5.74) is 5.00. The van der Waals surface area contributed by atoms with Gasteiger partial charge in [-0.05, 0) is 0 Å². The van der Waals surface area contributed by atoms with Crippen LogP contribution in [0.2, 0.25) is 0 Å². The minimum atomic E-state index is -0.247. The van der Waals surface area contributed by atoms with Gasteiger partial charge < -0.3 is 0 Å². The third-order valence-corrected chi connectivity index (χ3v) is 7.15. The summed E-state index contributed by atoms with van der Waals surface area (Å²) in [6, 6.07) is 12.8. The average Bonchev–Trinajstić information content (AvgIpc) is 2.61. The van der Waals surface area contributed by atoms with Crippen LogP contribution in [0.25, 0.3) is 0 Å². The zero-order valence-electron chi connectivity index (χ0n) is 17.6. The molecule has 0 unspecified atom stereocenters. The number of esters is 1. The Bertz CT molecular complexity index is 744. The summed E-state index contributed by atoms with van der Waals surface area (Å²) < 4.78 is 7.88. The number of rotatable bonds is 7. The van der Waals surface area contributed by atoms with Crippen LogP contribution >= 0.6 is 0 Å². The molecule has 3 heteroatoms. The number of hydrogen-bond donors (Lipinski definition) is 0. The summed E-state index contributed by atoms with van der Waals surface area (Å²) >= 11 is 0.210. The van der Waals surface area contributed by atoms with Gasteiger partial charge in [0.05, 0.1) is 0 Å². The number of hydrogen-bond acceptors (Lipinski definition) is 2. The zero-order valence-corrected chi connectivity index (χ0v) is 19.3. The van der Waals surface area contributed by atoms with Gasteiger partial charge in [0.25, 0.3) is 0 Å². The van der Waals surface area contributed by atoms with Gasteiger partial charge in [0.2, 0.25) is 0 Å². The monoisotopic (exact) mass is 432 g/mol. The fraction of sp³-hybridized carbons (Fsp3) is 0.458. The molecule has 0 amide bonds. The molecule has 27 heavy (non-hydrogen) atoms. The molecule has 146 valence electrons. The molecule has 0 atom stereocenters. The quantitative estimate of drug-likeness (QED) is 0.461. The maximum absolute atomic E-state index is 11.9. The van der Waals surface area contributed by atoms with Crippen LogP contribution in [-0.2, 0) is 4.74 Å². The van der Waals surface area contributed by atoms with Gasteiger partial charge in [0.1, 0.15) is 0 Å². The Labute approximate surface area is 170 Å². The molecule has 0 heterocycles. The van der Waals surface area contributed by atoms with Crippen LogP contribution in [0.4, 0.5) is 0 Å². The van der Waals surface area contributed by atoms with Crippen LogP contribution in [0.15, 0.2) is 36.4 Å². The zero-order chi connectivity index (χ0) is 20.1. The number of carbonyl (C=O) groups is 1. The van der Waals surface area contributed by atoms with Gasteiger partial charge in [-0.1, -0.05) is 0 Å². The Morgan fingerprint density at radius 3 is 1.81 bits per heavy atom. The van der Waals surface area contributed by atoms with Crippen molar-refractivity contribution in [1.82, 2.24) is 0 Å². The molecule has 0 fully saturated rings. The summed E-state index contributed by atoms with van der Waals surface area (Å²) in [4.78, 5) is 11.9. The first-order valence-corrected chi connectivity index (χ1v) is 11.6. The first kappa shape index (κ1) is 21.7. The third-order valence-electron chi connectivity index (χ3n) is 4.66. The molecular formula is C24H32O2Se. The van der Waals surface area contributed by atoms with Crippen LogP contribution in [0.5, 0.6) is 0 Å². The van der Waals surface area contributed by atoms with Crippen molar-refractivity contribution in [3.63, 3.8) is 0 Å². The first-order valence-electron chi connectivity index (χ1n) is 9.87. The Morgan fingerprint density at radius 1 is 0.889 bits per heavy atom. The summed E-state index contributed by atoms with van der Waals surface area (Å²) in [5.74, 6) is 1.28. The van der Waals surface area contributed by atoms with Crippen molar-refractivity contribution < 1.29 is 9.53 Å². The molecule has 0 aliphatic heterocycles. The minimum absolute atomic E-state index is 0.210. The Hall–Kier alpha value is -1.57. The summed E-state index contributed by atoms with van der Waals surface area (Å²) in [6.07, 6.45) is 0. The Kier molecular flexibility index (Phi) is 7.70. The summed E-state index contributed by atoms with van der Waals surface area (Å²) in [7, 11) is 0. The molecule has 0 aromatic heterocycles. The topological polar surface area (TPSA) is 26.3 Å². The third kappa shape index (κ3) is 5.46. The number of carbonyl (C=O) groups excluding carboxylic acids is 1. The fourth-order valence-electron chi connectivity index (χ4n) is 3.00. The molecule has 0 spiro atoms. The van der Waals surface area contributed by atoms with E-state index in [-0.39, 0.29) is 20.9 Å². The van der Waals surface area contributed by atoms with E-state index in [9.17, 15) is 4.79 Å². The average molecular weight is 431 g/mol. The maximum atomic E-state index is 11.9. The van der Waals surface area contributed by atoms with Gasteiger partial charge >= 0.3 is 171 Å². The van der Waals surface area contributed by atoms with Crippen LogP contribution < -0.4 is 8.92 Å². The van der Waals surface area contributed by atoms with E-state index in [1.807, 2.05) is 19.1 Å². The van der Waals surface area contributed by atoms with Crippen molar-refractivity contribution >= 4 is 29.8 Å². The summed E-state index contributed by atoms with van der Waals surface area (Å²) in [5, 5.41) is 0. The van der Waals surface area contributed by atoms with Gasteiger partial charge in [0.15, 0.2) is 0 Å². The van der Waals surface area contributed by atoms with Gasteiger partial charge in [0, 0.05) is 0 Å². The van der Waals surface area contributed by atoms with Crippen LogP contribution in [0.1, 0.15) is 93.3 Å². The normalized spacial score (nSPS) is 11.5. The van der Waals surface area contributed by atoms with Gasteiger partial charge in [-0.2, -0.15) is 0 Å². The van der Waals surface area contributed by atoms with Gasteiger partial charge in [-0.3, -0.25) is 0 Å². The van der Waals surface area contributed by atoms with E-state index < -0.39 is 0 Å². The second-order valence-electron chi connectivity index (χ2n) is 7.84. The molecule has 0 N–H and O–H groups in total. The Morgan fingerprint density at radius 2 is 1.41 bits per heavy atom. The van der Waals surface area contributed by atoms with Crippen molar-refractivity contribution in [2.45, 2.75) is 66.2 Å². The predicted octanol–water partition coefficient (Wildman–Crippen LogP) is 4.89. The molecule has 0 saturated heterocycles. The molecule has 0 saturated carbocycles. The second kappa shape index (κ2) is 9.57. The van der Waals surface area contributed by atoms with Crippen molar-refractivity contribution in [3.05, 3.63) is 58.7 Å². The fourth-order valence-corrected chi connectivity index (χ4v) is 5.80. The predicted molar refractivity (Wildman–Crippen MR) is 116 cm³/mol. The van der Waals surface area contributed by atoms with Crippen molar-refractivity contribution in [2.75, 3.05) is 6.61 Å². The molecule has 2 aromatic rings. The molecule has 0 aliphatic rings. The molecule has 2 nitrogen and oxygen atoms in total. The van der Waals surface area contributed by atoms with Crippen LogP contribution in [0.3, 0.4) is 0 Å². The molecule has 2 rings (SSSR count). The molecule has 0 radical (unpaired) electrons. The van der Waals surface area contributed by atoms with E-state index in [1.54, 1.807) is 0 Å². The summed E-state index contributed by atoms with van der Waals surface area (Å²) in [6.45, 7) is 15.9. The first-order chi connectivity index (χ1) is 12.7. The van der Waals surface area contributed by atoms with Crippen molar-refractivity contribution in [3.8, 4) is 0 Å². The van der Waals surface area contributed by atoms with E-state index in [4.69, 9.17) is 4.74 Å². The second-order valence-corrected chi connectivity index (χ2v) is 10.1. The van der Waals surface area contributed by atoms with E-state index in [0.717, 1.165) is 0 Å². The van der Waals surface area contributed by atoms with Crippen molar-refractivity contribution in [2.24, 2.45) is 0 Å². The molecule has 0 bridgehead atoms. The van der Waals surface area contributed by atoms with E-state index >= 15 is 0 Å².